The van der Waals surface area contributed by atoms with E-state index < -0.39 is 5.91 Å². The average molecular weight is 498 g/mol. The van der Waals surface area contributed by atoms with Crippen molar-refractivity contribution in [3.63, 3.8) is 0 Å². The van der Waals surface area contributed by atoms with E-state index in [4.69, 9.17) is 24.9 Å². The van der Waals surface area contributed by atoms with Gasteiger partial charge in [-0.3, -0.25) is 10.0 Å². The summed E-state index contributed by atoms with van der Waals surface area (Å²) >= 11 is 1.81. The highest BCUT2D eigenvalue weighted by Crippen LogP contribution is 2.39. The SMILES string of the molecule is CC1=C(c2nc(N3CCOCC3)c3nc(CN(C)c4ncc(C(=O)NO)cn4)n(C)c3n2)SCC1. The fourth-order valence-corrected chi connectivity index (χ4v) is 5.29. The van der Waals surface area contributed by atoms with Crippen LogP contribution in [0.3, 0.4) is 0 Å². The molecule has 0 aromatic carbocycles. The smallest absolute Gasteiger partial charge is 0.277 e. The minimum Gasteiger partial charge on any atom is -0.378 e. The zero-order chi connectivity index (χ0) is 24.5. The number of nitrogens with one attached hydrogen (secondary N) is 1. The van der Waals surface area contributed by atoms with Crippen LogP contribution in [0.2, 0.25) is 0 Å². The Kier molecular flexibility index (Phi) is 6.54. The molecule has 3 aromatic heterocycles. The van der Waals surface area contributed by atoms with Crippen LogP contribution in [0.25, 0.3) is 16.1 Å². The summed E-state index contributed by atoms with van der Waals surface area (Å²) in [6.07, 6.45) is 3.78. The van der Waals surface area contributed by atoms with Gasteiger partial charge in [0.05, 0.1) is 30.2 Å². The third kappa shape index (κ3) is 4.54. The number of fused-ring (bicyclic) bond motifs is 1. The summed E-state index contributed by atoms with van der Waals surface area (Å²) in [6, 6.07) is 0. The summed E-state index contributed by atoms with van der Waals surface area (Å²) in [6.45, 7) is 5.39. The number of allylic oxidation sites excluding steroid dienone is 1. The number of imidazole rings is 1. The molecule has 0 unspecified atom stereocenters. The van der Waals surface area contributed by atoms with Gasteiger partial charge in [-0.1, -0.05) is 5.57 Å². The fraction of sp³-hybridized carbons (Fsp3) is 0.455. The number of rotatable bonds is 6. The van der Waals surface area contributed by atoms with Crippen molar-refractivity contribution in [2.75, 3.05) is 48.9 Å². The number of nitrogens with zero attached hydrogens (tertiary/aromatic N) is 8. The van der Waals surface area contributed by atoms with E-state index in [1.54, 1.807) is 17.2 Å². The van der Waals surface area contributed by atoms with E-state index in [-0.39, 0.29) is 5.56 Å². The Morgan fingerprint density at radius 1 is 1.23 bits per heavy atom. The summed E-state index contributed by atoms with van der Waals surface area (Å²) in [5, 5.41) is 8.78. The standard InChI is InChI=1S/C22H27N9O3S/c1-13-4-9-35-17(13)18-26-19-16(20(27-18)31-5-7-34-8-6-31)25-15(30(19)3)12-29(2)22-23-10-14(11-24-22)21(32)28-33/h10-11,33H,4-9,12H2,1-3H3,(H,28,32). The number of morpholine rings is 1. The summed E-state index contributed by atoms with van der Waals surface area (Å²) in [5.41, 5.74) is 4.61. The summed E-state index contributed by atoms with van der Waals surface area (Å²) in [4.78, 5) is 40.1. The second-order valence-corrected chi connectivity index (χ2v) is 9.61. The van der Waals surface area contributed by atoms with Gasteiger partial charge < -0.3 is 19.1 Å². The molecule has 1 saturated heterocycles. The van der Waals surface area contributed by atoms with Crippen LogP contribution in [0, 0.1) is 0 Å². The van der Waals surface area contributed by atoms with Crippen molar-refractivity contribution in [1.29, 1.82) is 0 Å². The summed E-state index contributed by atoms with van der Waals surface area (Å²) in [7, 11) is 3.81. The van der Waals surface area contributed by atoms with Gasteiger partial charge in [0, 0.05) is 45.3 Å². The third-order valence-electron chi connectivity index (χ3n) is 6.14. The maximum absolute atomic E-state index is 11.5. The largest absolute Gasteiger partial charge is 0.378 e. The predicted octanol–water partition coefficient (Wildman–Crippen LogP) is 1.61. The third-order valence-corrected chi connectivity index (χ3v) is 7.37. The van der Waals surface area contributed by atoms with E-state index in [2.05, 4.69) is 21.8 Å². The van der Waals surface area contributed by atoms with Crippen molar-refractivity contribution < 1.29 is 14.7 Å². The van der Waals surface area contributed by atoms with Crippen molar-refractivity contribution in [1.82, 2.24) is 35.0 Å². The number of amides is 1. The number of aromatic nitrogens is 6. The Hall–Kier alpha value is -3.29. The van der Waals surface area contributed by atoms with Gasteiger partial charge >= 0.3 is 0 Å². The number of thioether (sulfide) groups is 1. The topological polar surface area (TPSA) is 134 Å². The number of carbonyl (C=O) groups is 1. The Labute approximate surface area is 206 Å². The molecule has 0 radical (unpaired) electrons. The Morgan fingerprint density at radius 3 is 2.63 bits per heavy atom. The Bertz CT molecular complexity index is 1290. The van der Waals surface area contributed by atoms with Gasteiger partial charge in [-0.25, -0.2) is 30.4 Å². The first kappa shape index (κ1) is 23.5. The maximum atomic E-state index is 11.5. The lowest BCUT2D eigenvalue weighted by molar-refractivity contribution is 0.0705. The Morgan fingerprint density at radius 2 is 1.97 bits per heavy atom. The van der Waals surface area contributed by atoms with E-state index in [1.807, 2.05) is 23.6 Å². The molecule has 5 rings (SSSR count). The number of aryl methyl sites for hydroxylation is 1. The van der Waals surface area contributed by atoms with Crippen LogP contribution in [0.4, 0.5) is 11.8 Å². The lowest BCUT2D eigenvalue weighted by atomic mass is 10.2. The van der Waals surface area contributed by atoms with E-state index in [0.29, 0.717) is 25.7 Å². The molecule has 0 bridgehead atoms. The van der Waals surface area contributed by atoms with Gasteiger partial charge in [-0.2, -0.15) is 0 Å². The van der Waals surface area contributed by atoms with Gasteiger partial charge in [0.1, 0.15) is 5.82 Å². The summed E-state index contributed by atoms with van der Waals surface area (Å²) in [5.74, 6) is 3.19. The number of hydroxylamine groups is 1. The Balaban J connectivity index is 1.51. The minimum atomic E-state index is -0.662. The maximum Gasteiger partial charge on any atom is 0.277 e. The van der Waals surface area contributed by atoms with Crippen molar-refractivity contribution >= 4 is 45.5 Å². The van der Waals surface area contributed by atoms with Crippen LogP contribution in [0.15, 0.2) is 18.0 Å². The highest BCUT2D eigenvalue weighted by molar-refractivity contribution is 8.08. The van der Waals surface area contributed by atoms with Gasteiger partial charge in [0.25, 0.3) is 5.91 Å². The molecule has 184 valence electrons. The first-order valence-electron chi connectivity index (χ1n) is 11.3. The first-order valence-corrected chi connectivity index (χ1v) is 12.3. The number of anilines is 2. The molecule has 1 fully saturated rings. The predicted molar refractivity (Wildman–Crippen MR) is 132 cm³/mol. The molecule has 3 aromatic rings. The molecule has 0 aliphatic carbocycles. The number of carbonyl (C=O) groups excluding carboxylic acids is 1. The lowest BCUT2D eigenvalue weighted by Gasteiger charge is -2.28. The van der Waals surface area contributed by atoms with Gasteiger partial charge in [-0.05, 0) is 13.3 Å². The number of hydrogen-bond acceptors (Lipinski definition) is 11. The zero-order valence-electron chi connectivity index (χ0n) is 19.9. The van der Waals surface area contributed by atoms with Gasteiger partial charge in [-0.15, -0.1) is 11.8 Å². The van der Waals surface area contributed by atoms with E-state index in [0.717, 1.165) is 58.8 Å². The number of ether oxygens (including phenoxy) is 1. The molecule has 0 atom stereocenters. The van der Waals surface area contributed by atoms with Crippen molar-refractivity contribution in [3.05, 3.63) is 35.2 Å². The molecular formula is C22H27N9O3S. The monoisotopic (exact) mass is 497 g/mol. The average Bonchev–Trinajstić information content (AvgIpc) is 3.46. The summed E-state index contributed by atoms with van der Waals surface area (Å²) < 4.78 is 7.55. The highest BCUT2D eigenvalue weighted by atomic mass is 32.2. The molecule has 0 spiro atoms. The molecular weight excluding hydrogens is 470 g/mol. The van der Waals surface area contributed by atoms with Crippen LogP contribution in [0.5, 0.6) is 0 Å². The van der Waals surface area contributed by atoms with Crippen LogP contribution >= 0.6 is 11.8 Å². The van der Waals surface area contributed by atoms with E-state index in [9.17, 15) is 4.79 Å². The molecule has 2 aliphatic heterocycles. The van der Waals surface area contributed by atoms with Crippen molar-refractivity contribution in [3.8, 4) is 0 Å². The normalized spacial score (nSPS) is 16.3. The fourth-order valence-electron chi connectivity index (χ4n) is 4.11. The molecule has 13 heteroatoms. The van der Waals surface area contributed by atoms with Crippen molar-refractivity contribution in [2.45, 2.75) is 19.9 Å². The van der Waals surface area contributed by atoms with Gasteiger partial charge in [0.15, 0.2) is 22.8 Å². The van der Waals surface area contributed by atoms with Gasteiger partial charge in [0.2, 0.25) is 5.95 Å². The number of hydrogen-bond donors (Lipinski definition) is 2. The molecule has 1 amide bonds. The molecule has 2 N–H and O–H groups in total. The molecule has 0 saturated carbocycles. The zero-order valence-corrected chi connectivity index (χ0v) is 20.7. The second kappa shape index (κ2) is 9.76. The molecule has 35 heavy (non-hydrogen) atoms. The minimum absolute atomic E-state index is 0.166. The van der Waals surface area contributed by atoms with E-state index in [1.165, 1.54) is 18.0 Å². The molecule has 2 aliphatic rings. The van der Waals surface area contributed by atoms with Crippen LogP contribution in [-0.2, 0) is 18.3 Å². The molecule has 12 nitrogen and oxygen atoms in total. The van der Waals surface area contributed by atoms with Crippen LogP contribution < -0.4 is 15.3 Å². The quantitative estimate of drug-likeness (QED) is 0.380. The van der Waals surface area contributed by atoms with Crippen LogP contribution in [-0.4, -0.2) is 79.7 Å². The molecule has 5 heterocycles. The second-order valence-electron chi connectivity index (χ2n) is 8.51. The first-order chi connectivity index (χ1) is 17.0. The van der Waals surface area contributed by atoms with Crippen molar-refractivity contribution in [2.24, 2.45) is 7.05 Å². The van der Waals surface area contributed by atoms with Crippen LogP contribution in [0.1, 0.15) is 35.4 Å². The van der Waals surface area contributed by atoms with E-state index >= 15 is 0 Å². The highest BCUT2D eigenvalue weighted by Gasteiger charge is 2.25. The lowest BCUT2D eigenvalue weighted by Crippen LogP contribution is -2.37.